The van der Waals surface area contributed by atoms with Gasteiger partial charge in [-0.1, -0.05) is 33.8 Å². The Balaban J connectivity index is 1.03. The number of hydrazine groups is 2. The number of nitrogens with one attached hydrogen (secondary N) is 3. The second kappa shape index (κ2) is 10.7. The molecule has 1 aromatic carbocycles. The normalized spacial score (nSPS) is 31.6. The fourth-order valence-corrected chi connectivity index (χ4v) is 7.86. The number of hydrogen-bond donors (Lipinski definition) is 3. The van der Waals surface area contributed by atoms with E-state index in [1.807, 2.05) is 4.90 Å². The van der Waals surface area contributed by atoms with Gasteiger partial charge in [-0.25, -0.2) is 10.9 Å². The minimum atomic E-state index is 0.0837. The Kier molecular flexibility index (Phi) is 7.40. The van der Waals surface area contributed by atoms with Crippen LogP contribution in [0.2, 0.25) is 0 Å². The third-order valence-corrected chi connectivity index (χ3v) is 10.5. The number of rotatable bonds is 5. The Morgan fingerprint density at radius 2 is 1.72 bits per heavy atom. The molecule has 6 rings (SSSR count). The van der Waals surface area contributed by atoms with E-state index in [1.165, 1.54) is 16.7 Å². The lowest BCUT2D eigenvalue weighted by molar-refractivity contribution is -0.136. The molecule has 3 unspecified atom stereocenters. The summed E-state index contributed by atoms with van der Waals surface area (Å²) in [5, 5.41) is 0. The second-order valence-electron chi connectivity index (χ2n) is 13.7. The van der Waals surface area contributed by atoms with Gasteiger partial charge in [0.1, 0.15) is 5.75 Å². The van der Waals surface area contributed by atoms with E-state index in [1.54, 1.807) is 0 Å². The van der Waals surface area contributed by atoms with E-state index in [9.17, 15) is 9.59 Å². The molecule has 3 N–H and O–H groups in total. The number of hydrogen-bond acceptors (Lipinski definition) is 6. The number of likely N-dealkylation sites (tertiary alicyclic amines) is 2. The van der Waals surface area contributed by atoms with Crippen molar-refractivity contribution >= 4 is 11.8 Å². The summed E-state index contributed by atoms with van der Waals surface area (Å²) in [6.45, 7) is 12.3. The molecule has 2 aliphatic carbocycles. The molecule has 39 heavy (non-hydrogen) atoms. The predicted octanol–water partition coefficient (Wildman–Crippen LogP) is 3.26. The molecule has 8 heteroatoms. The van der Waals surface area contributed by atoms with Crippen molar-refractivity contribution in [3.63, 3.8) is 0 Å². The van der Waals surface area contributed by atoms with Gasteiger partial charge in [-0.2, -0.15) is 5.53 Å². The van der Waals surface area contributed by atoms with Crippen LogP contribution < -0.4 is 21.1 Å². The minimum Gasteiger partial charge on any atom is -0.483 e. The lowest BCUT2D eigenvalue weighted by atomic mass is 9.82. The van der Waals surface area contributed by atoms with Crippen molar-refractivity contribution in [1.82, 2.24) is 26.2 Å². The van der Waals surface area contributed by atoms with Gasteiger partial charge in [0, 0.05) is 44.2 Å². The van der Waals surface area contributed by atoms with Crippen LogP contribution in [0.1, 0.15) is 88.8 Å². The average molecular weight is 538 g/mol. The van der Waals surface area contributed by atoms with E-state index >= 15 is 0 Å². The lowest BCUT2D eigenvalue weighted by Crippen LogP contribution is -2.45. The molecular formula is C31H47N5O3. The van der Waals surface area contributed by atoms with Crippen LogP contribution in [0.4, 0.5) is 0 Å². The third kappa shape index (κ3) is 5.32. The number of fused-ring (bicyclic) bond motifs is 3. The van der Waals surface area contributed by atoms with Gasteiger partial charge in [0.25, 0.3) is 5.91 Å². The average Bonchev–Trinajstić information content (AvgIpc) is 3.59. The van der Waals surface area contributed by atoms with Crippen LogP contribution >= 0.6 is 0 Å². The summed E-state index contributed by atoms with van der Waals surface area (Å²) in [4.78, 5) is 30.8. The summed E-state index contributed by atoms with van der Waals surface area (Å²) < 4.78 is 6.25. The molecule has 8 nitrogen and oxygen atoms in total. The first-order valence-electron chi connectivity index (χ1n) is 15.3. The molecule has 1 aromatic rings. The van der Waals surface area contributed by atoms with Crippen LogP contribution in [0.3, 0.4) is 0 Å². The van der Waals surface area contributed by atoms with Crippen LogP contribution in [-0.2, 0) is 21.4 Å². The zero-order valence-electron chi connectivity index (χ0n) is 24.2. The highest BCUT2D eigenvalue weighted by Crippen LogP contribution is 2.43. The largest absolute Gasteiger partial charge is 0.483 e. The summed E-state index contributed by atoms with van der Waals surface area (Å²) in [6.07, 6.45) is 7.11. The fraction of sp³-hybridized carbons (Fsp3) is 0.742. The maximum Gasteiger partial charge on any atom is 0.260 e. The van der Waals surface area contributed by atoms with E-state index < -0.39 is 0 Å². The quantitative estimate of drug-likeness (QED) is 0.535. The van der Waals surface area contributed by atoms with Gasteiger partial charge >= 0.3 is 0 Å². The summed E-state index contributed by atoms with van der Waals surface area (Å²) in [5.74, 6) is 2.76. The second-order valence-corrected chi connectivity index (χ2v) is 13.7. The highest BCUT2D eigenvalue weighted by Gasteiger charge is 2.42. The Morgan fingerprint density at radius 1 is 1.00 bits per heavy atom. The van der Waals surface area contributed by atoms with Crippen LogP contribution in [0.5, 0.6) is 5.75 Å². The van der Waals surface area contributed by atoms with Crippen LogP contribution in [0, 0.1) is 17.8 Å². The van der Waals surface area contributed by atoms with Crippen LogP contribution in [-0.4, -0.2) is 66.5 Å². The van der Waals surface area contributed by atoms with Crippen molar-refractivity contribution in [3.05, 3.63) is 28.8 Å². The molecule has 0 bridgehead atoms. The molecule has 3 saturated heterocycles. The number of ether oxygens (including phenoxy) is 1. The molecule has 0 aromatic heterocycles. The number of aryl methyl sites for hydroxylation is 1. The standard InChI is InChI=1S/C31H47N5O3/c1-19(2)24-13-20-7-10-31(3,4)25(20)15-28(24)39-18-29(37)35-11-8-22-16-36(17-23(22)9-12-35)30(38)21-5-6-26-27(14-21)33-34-32-26/h13,15,19,21-23,26-27,32-34H,5-12,14,16-18H2,1-4H3/t21?,22-,23+,26?,27?. The van der Waals surface area contributed by atoms with Crippen molar-refractivity contribution in [3.8, 4) is 5.75 Å². The Bertz CT molecular complexity index is 1090. The van der Waals surface area contributed by atoms with Crippen molar-refractivity contribution in [2.45, 2.75) is 96.1 Å². The molecule has 5 aliphatic rings. The maximum atomic E-state index is 13.4. The van der Waals surface area contributed by atoms with Crippen LogP contribution in [0.25, 0.3) is 0 Å². The molecular weight excluding hydrogens is 490 g/mol. The van der Waals surface area contributed by atoms with E-state index in [4.69, 9.17) is 4.74 Å². The summed E-state index contributed by atoms with van der Waals surface area (Å²) in [6, 6.07) is 5.30. The molecule has 3 heterocycles. The topological polar surface area (TPSA) is 85.9 Å². The van der Waals surface area contributed by atoms with Crippen LogP contribution in [0.15, 0.2) is 12.1 Å². The monoisotopic (exact) mass is 537 g/mol. The van der Waals surface area contributed by atoms with E-state index in [2.05, 4.69) is 61.1 Å². The van der Waals surface area contributed by atoms with Gasteiger partial charge in [0.2, 0.25) is 5.91 Å². The highest BCUT2D eigenvalue weighted by atomic mass is 16.5. The molecule has 3 aliphatic heterocycles. The van der Waals surface area contributed by atoms with Gasteiger partial charge in [-0.15, -0.1) is 0 Å². The number of carbonyl (C=O) groups excluding carboxylic acids is 2. The SMILES string of the molecule is CC(C)c1cc2c(cc1OCC(=O)N1CC[C@@H]3CN(C(=O)C4CCC5NNNC5C4)C[C@@H]3CC1)C(C)(C)CC2. The first kappa shape index (κ1) is 27.0. The molecule has 214 valence electrons. The van der Waals surface area contributed by atoms with Gasteiger partial charge in [0.05, 0.1) is 0 Å². The molecule has 0 radical (unpaired) electrons. The smallest absolute Gasteiger partial charge is 0.260 e. The Morgan fingerprint density at radius 3 is 2.44 bits per heavy atom. The minimum absolute atomic E-state index is 0.0837. The molecule has 1 saturated carbocycles. The molecule has 4 fully saturated rings. The lowest BCUT2D eigenvalue weighted by Gasteiger charge is -2.32. The van der Waals surface area contributed by atoms with Gasteiger partial charge in [0.15, 0.2) is 6.61 Å². The number of benzene rings is 1. The van der Waals surface area contributed by atoms with Crippen molar-refractivity contribution in [2.24, 2.45) is 17.8 Å². The van der Waals surface area contributed by atoms with Crippen molar-refractivity contribution < 1.29 is 14.3 Å². The number of nitrogens with zero attached hydrogens (tertiary/aromatic N) is 2. The van der Waals surface area contributed by atoms with E-state index in [-0.39, 0.29) is 23.8 Å². The maximum absolute atomic E-state index is 13.4. The Labute approximate surface area is 233 Å². The van der Waals surface area contributed by atoms with Crippen molar-refractivity contribution in [2.75, 3.05) is 32.8 Å². The molecule has 5 atom stereocenters. The first-order valence-corrected chi connectivity index (χ1v) is 15.3. The third-order valence-electron chi connectivity index (χ3n) is 10.5. The Hall–Kier alpha value is -2.16. The summed E-state index contributed by atoms with van der Waals surface area (Å²) >= 11 is 0. The summed E-state index contributed by atoms with van der Waals surface area (Å²) in [5.41, 5.74) is 13.7. The fourth-order valence-electron chi connectivity index (χ4n) is 7.86. The molecule has 2 amide bonds. The zero-order valence-corrected chi connectivity index (χ0v) is 24.2. The van der Waals surface area contributed by atoms with E-state index in [0.717, 1.165) is 76.9 Å². The number of amides is 2. The zero-order chi connectivity index (χ0) is 27.3. The van der Waals surface area contributed by atoms with Crippen molar-refractivity contribution in [1.29, 1.82) is 0 Å². The number of carbonyl (C=O) groups is 2. The predicted molar refractivity (Wildman–Crippen MR) is 151 cm³/mol. The van der Waals surface area contributed by atoms with Gasteiger partial charge in [-0.3, -0.25) is 9.59 Å². The highest BCUT2D eigenvalue weighted by molar-refractivity contribution is 5.79. The van der Waals surface area contributed by atoms with Gasteiger partial charge < -0.3 is 14.5 Å². The van der Waals surface area contributed by atoms with Gasteiger partial charge in [-0.05, 0) is 90.9 Å². The van der Waals surface area contributed by atoms with E-state index in [0.29, 0.717) is 35.7 Å². The first-order chi connectivity index (χ1) is 18.7. The molecule has 0 spiro atoms. The summed E-state index contributed by atoms with van der Waals surface area (Å²) in [7, 11) is 0.